The van der Waals surface area contributed by atoms with Gasteiger partial charge < -0.3 is 9.47 Å². The van der Waals surface area contributed by atoms with Crippen molar-refractivity contribution in [3.63, 3.8) is 0 Å². The molecule has 0 bridgehead atoms. The minimum atomic E-state index is 0.123. The van der Waals surface area contributed by atoms with E-state index in [1.54, 1.807) is 6.33 Å². The molecule has 0 N–H and O–H groups in total. The van der Waals surface area contributed by atoms with Crippen molar-refractivity contribution in [3.05, 3.63) is 28.6 Å². The summed E-state index contributed by atoms with van der Waals surface area (Å²) in [6, 6.07) is 3.97. The van der Waals surface area contributed by atoms with Crippen molar-refractivity contribution in [2.24, 2.45) is 0 Å². The van der Waals surface area contributed by atoms with E-state index in [2.05, 4.69) is 25.9 Å². The first-order valence-electron chi connectivity index (χ1n) is 5.89. The van der Waals surface area contributed by atoms with E-state index in [-0.39, 0.29) is 6.10 Å². The Kier molecular flexibility index (Phi) is 3.18. The van der Waals surface area contributed by atoms with Crippen LogP contribution in [0.4, 0.5) is 0 Å². The molecule has 1 aromatic heterocycles. The topological polar surface area (TPSA) is 44.2 Å². The molecule has 1 atom stereocenters. The maximum Gasteiger partial charge on any atom is 0.147 e. The molecule has 2 aromatic rings. The van der Waals surface area contributed by atoms with Crippen LogP contribution < -0.4 is 4.74 Å². The number of halogens is 1. The number of fused-ring (bicyclic) bond motifs is 1. The van der Waals surface area contributed by atoms with Gasteiger partial charge >= 0.3 is 0 Å². The number of ether oxygens (including phenoxy) is 2. The Bertz CT molecular complexity index is 582. The Morgan fingerprint density at radius 3 is 3.06 bits per heavy atom. The fourth-order valence-electron chi connectivity index (χ4n) is 2.10. The minimum Gasteiger partial charge on any atom is -0.486 e. The van der Waals surface area contributed by atoms with Crippen LogP contribution in [0.1, 0.15) is 12.1 Å². The molecule has 1 aromatic carbocycles. The fraction of sp³-hybridized carbons (Fsp3) is 0.385. The molecule has 1 saturated heterocycles. The molecule has 1 fully saturated rings. The molecule has 0 radical (unpaired) electrons. The van der Waals surface area contributed by atoms with Crippen molar-refractivity contribution < 1.29 is 9.47 Å². The van der Waals surface area contributed by atoms with Crippen LogP contribution in [0.25, 0.3) is 10.9 Å². The molecular weight excluding hydrogens is 296 g/mol. The largest absolute Gasteiger partial charge is 0.486 e. The molecule has 0 saturated carbocycles. The van der Waals surface area contributed by atoms with Crippen molar-refractivity contribution in [3.8, 4) is 5.75 Å². The lowest BCUT2D eigenvalue weighted by molar-refractivity contribution is 0.142. The molecule has 18 heavy (non-hydrogen) atoms. The Labute approximate surface area is 113 Å². The molecule has 4 nitrogen and oxygen atoms in total. The predicted molar refractivity (Wildman–Crippen MR) is 71.8 cm³/mol. The van der Waals surface area contributed by atoms with Gasteiger partial charge in [-0.15, -0.1) is 0 Å². The summed E-state index contributed by atoms with van der Waals surface area (Å²) in [4.78, 5) is 8.54. The summed E-state index contributed by atoms with van der Waals surface area (Å²) in [6.45, 7) is 3.39. The zero-order valence-corrected chi connectivity index (χ0v) is 11.6. The van der Waals surface area contributed by atoms with E-state index in [1.807, 2.05) is 19.1 Å². The highest BCUT2D eigenvalue weighted by molar-refractivity contribution is 9.10. The summed E-state index contributed by atoms with van der Waals surface area (Å²) < 4.78 is 12.3. The average Bonchev–Trinajstić information content (AvgIpc) is 2.83. The van der Waals surface area contributed by atoms with Gasteiger partial charge in [0.1, 0.15) is 23.7 Å². The van der Waals surface area contributed by atoms with Gasteiger partial charge in [0, 0.05) is 22.0 Å². The standard InChI is InChI=1S/C13H13BrN2O2/c1-8-11-4-9(14)5-12(13(11)16-7-15-8)18-10-2-3-17-6-10/h4-5,7,10H,2-3,6H2,1H3/t10-/m0/s1. The number of hydrogen-bond donors (Lipinski definition) is 0. The first-order valence-corrected chi connectivity index (χ1v) is 6.68. The second-order valence-electron chi connectivity index (χ2n) is 4.36. The highest BCUT2D eigenvalue weighted by Gasteiger charge is 2.19. The SMILES string of the molecule is Cc1ncnc2c(O[C@H]3CCOC3)cc(Br)cc12. The van der Waals surface area contributed by atoms with Crippen molar-refractivity contribution in [2.45, 2.75) is 19.4 Å². The Morgan fingerprint density at radius 2 is 2.28 bits per heavy atom. The number of nitrogens with zero attached hydrogens (tertiary/aromatic N) is 2. The maximum absolute atomic E-state index is 5.98. The van der Waals surface area contributed by atoms with Crippen LogP contribution in [0.15, 0.2) is 22.9 Å². The number of hydrogen-bond acceptors (Lipinski definition) is 4. The van der Waals surface area contributed by atoms with E-state index >= 15 is 0 Å². The van der Waals surface area contributed by atoms with Gasteiger partial charge in [-0.2, -0.15) is 0 Å². The highest BCUT2D eigenvalue weighted by atomic mass is 79.9. The van der Waals surface area contributed by atoms with Crippen LogP contribution in [0.5, 0.6) is 5.75 Å². The van der Waals surface area contributed by atoms with Crippen molar-refractivity contribution >= 4 is 26.8 Å². The lowest BCUT2D eigenvalue weighted by atomic mass is 10.2. The van der Waals surface area contributed by atoms with Gasteiger partial charge in [0.05, 0.1) is 13.2 Å². The second kappa shape index (κ2) is 4.82. The number of benzene rings is 1. The van der Waals surface area contributed by atoms with Crippen LogP contribution in [0.3, 0.4) is 0 Å². The van der Waals surface area contributed by atoms with E-state index < -0.39 is 0 Å². The molecule has 0 unspecified atom stereocenters. The summed E-state index contributed by atoms with van der Waals surface area (Å²) in [6.07, 6.45) is 2.62. The Hall–Kier alpha value is -1.20. The van der Waals surface area contributed by atoms with Crippen molar-refractivity contribution in [1.82, 2.24) is 9.97 Å². The summed E-state index contributed by atoms with van der Waals surface area (Å²) in [5.41, 5.74) is 1.81. The van der Waals surface area contributed by atoms with Crippen LogP contribution in [0, 0.1) is 6.92 Å². The van der Waals surface area contributed by atoms with Gasteiger partial charge in [0.25, 0.3) is 0 Å². The van der Waals surface area contributed by atoms with Crippen LogP contribution >= 0.6 is 15.9 Å². The lowest BCUT2D eigenvalue weighted by Crippen LogP contribution is -2.16. The molecule has 0 spiro atoms. The number of aryl methyl sites for hydroxylation is 1. The molecule has 5 heteroatoms. The number of aromatic nitrogens is 2. The van der Waals surface area contributed by atoms with Crippen molar-refractivity contribution in [2.75, 3.05) is 13.2 Å². The number of rotatable bonds is 2. The first-order chi connectivity index (χ1) is 8.74. The van der Waals surface area contributed by atoms with Gasteiger partial charge in [-0.3, -0.25) is 0 Å². The predicted octanol–water partition coefficient (Wildman–Crippen LogP) is 2.87. The van der Waals surface area contributed by atoms with Crippen molar-refractivity contribution in [1.29, 1.82) is 0 Å². The van der Waals surface area contributed by atoms with Crippen LogP contribution in [-0.2, 0) is 4.74 Å². The molecule has 1 aliphatic heterocycles. The smallest absolute Gasteiger partial charge is 0.147 e. The quantitative estimate of drug-likeness (QED) is 0.855. The van der Waals surface area contributed by atoms with E-state index in [0.717, 1.165) is 39.8 Å². The molecule has 1 aliphatic rings. The van der Waals surface area contributed by atoms with Gasteiger partial charge in [0.2, 0.25) is 0 Å². The first kappa shape index (κ1) is 11.9. The van der Waals surface area contributed by atoms with E-state index in [4.69, 9.17) is 9.47 Å². The molecule has 0 amide bonds. The Balaban J connectivity index is 2.06. The molecule has 0 aliphatic carbocycles. The molecule has 3 rings (SSSR count). The second-order valence-corrected chi connectivity index (χ2v) is 5.28. The molecular formula is C13H13BrN2O2. The van der Waals surface area contributed by atoms with Gasteiger partial charge in [-0.25, -0.2) is 9.97 Å². The van der Waals surface area contributed by atoms with E-state index in [9.17, 15) is 0 Å². The van der Waals surface area contributed by atoms with Gasteiger partial charge in [-0.1, -0.05) is 15.9 Å². The zero-order valence-electron chi connectivity index (χ0n) is 10.0. The fourth-order valence-corrected chi connectivity index (χ4v) is 2.54. The van der Waals surface area contributed by atoms with Gasteiger partial charge in [-0.05, 0) is 19.1 Å². The molecule has 2 heterocycles. The third-order valence-corrected chi connectivity index (χ3v) is 3.51. The minimum absolute atomic E-state index is 0.123. The van der Waals surface area contributed by atoms with E-state index in [0.29, 0.717) is 6.61 Å². The van der Waals surface area contributed by atoms with Crippen LogP contribution in [-0.4, -0.2) is 29.3 Å². The lowest BCUT2D eigenvalue weighted by Gasteiger charge is -2.14. The summed E-state index contributed by atoms with van der Waals surface area (Å²) in [7, 11) is 0. The third kappa shape index (κ3) is 2.20. The normalized spacial score (nSPS) is 19.3. The third-order valence-electron chi connectivity index (χ3n) is 3.05. The maximum atomic E-state index is 5.98. The summed E-state index contributed by atoms with van der Waals surface area (Å²) >= 11 is 3.50. The summed E-state index contributed by atoms with van der Waals surface area (Å²) in [5, 5.41) is 1.01. The Morgan fingerprint density at radius 1 is 1.39 bits per heavy atom. The van der Waals surface area contributed by atoms with E-state index in [1.165, 1.54) is 0 Å². The van der Waals surface area contributed by atoms with Gasteiger partial charge in [0.15, 0.2) is 0 Å². The summed E-state index contributed by atoms with van der Waals surface area (Å²) in [5.74, 6) is 0.792. The average molecular weight is 309 g/mol. The highest BCUT2D eigenvalue weighted by Crippen LogP contribution is 2.31. The monoisotopic (exact) mass is 308 g/mol. The zero-order chi connectivity index (χ0) is 12.5. The molecule has 94 valence electrons. The van der Waals surface area contributed by atoms with Crippen LogP contribution in [0.2, 0.25) is 0 Å².